The van der Waals surface area contributed by atoms with Crippen molar-refractivity contribution < 1.29 is 4.79 Å². The smallest absolute Gasteiger partial charge is 0.328 e. The number of hydrogen-bond donors (Lipinski definition) is 1. The average molecular weight is 420 g/mol. The summed E-state index contributed by atoms with van der Waals surface area (Å²) in [5.74, 6) is 0.490. The van der Waals surface area contributed by atoms with Crippen LogP contribution in [0.15, 0.2) is 56.8 Å². The van der Waals surface area contributed by atoms with Gasteiger partial charge in [-0.15, -0.1) is 0 Å². The van der Waals surface area contributed by atoms with Crippen molar-refractivity contribution in [2.45, 2.75) is 38.3 Å². The largest absolute Gasteiger partial charge is 0.342 e. The van der Waals surface area contributed by atoms with Crippen LogP contribution in [-0.4, -0.2) is 38.0 Å². The quantitative estimate of drug-likeness (QED) is 0.688. The van der Waals surface area contributed by atoms with Crippen LogP contribution in [-0.2, 0) is 17.9 Å². The molecule has 0 spiro atoms. The van der Waals surface area contributed by atoms with Crippen LogP contribution in [0.2, 0.25) is 0 Å². The number of carbonyl (C=O) groups excluding carboxylic acids is 1. The predicted molar refractivity (Wildman–Crippen MR) is 116 cm³/mol. The SMILES string of the molecule is O=C(CCCn1c(=O)[nH]c2ccccc2c1=O)N1CC2CC(C1)c1cccc(=O)n1C2. The molecule has 1 fully saturated rings. The molecule has 8 heteroatoms. The zero-order chi connectivity index (χ0) is 21.5. The minimum atomic E-state index is -0.453. The van der Waals surface area contributed by atoms with E-state index in [4.69, 9.17) is 0 Å². The lowest BCUT2D eigenvalue weighted by Crippen LogP contribution is -2.49. The third-order valence-corrected chi connectivity index (χ3v) is 6.49. The summed E-state index contributed by atoms with van der Waals surface area (Å²) in [5.41, 5.74) is 0.768. The summed E-state index contributed by atoms with van der Waals surface area (Å²) in [6, 6.07) is 12.3. The van der Waals surface area contributed by atoms with Gasteiger partial charge >= 0.3 is 5.69 Å². The third kappa shape index (κ3) is 3.52. The Hall–Kier alpha value is -3.42. The first-order chi connectivity index (χ1) is 15.0. The van der Waals surface area contributed by atoms with Crippen LogP contribution in [0, 0.1) is 5.92 Å². The molecule has 0 saturated carbocycles. The van der Waals surface area contributed by atoms with Gasteiger partial charge in [-0.3, -0.25) is 19.0 Å². The Labute approximate surface area is 177 Å². The van der Waals surface area contributed by atoms with Crippen molar-refractivity contribution in [2.75, 3.05) is 13.1 Å². The van der Waals surface area contributed by atoms with Gasteiger partial charge in [0.05, 0.1) is 10.9 Å². The fraction of sp³-hybridized carbons (Fsp3) is 0.391. The van der Waals surface area contributed by atoms with E-state index in [1.165, 1.54) is 4.57 Å². The number of fused-ring (bicyclic) bond motifs is 5. The highest BCUT2D eigenvalue weighted by molar-refractivity contribution is 5.77. The maximum Gasteiger partial charge on any atom is 0.328 e. The van der Waals surface area contributed by atoms with Crippen molar-refractivity contribution >= 4 is 16.8 Å². The van der Waals surface area contributed by atoms with Gasteiger partial charge < -0.3 is 14.5 Å². The highest BCUT2D eigenvalue weighted by Gasteiger charge is 2.35. The Bertz CT molecular complexity index is 1340. The topological polar surface area (TPSA) is 97.2 Å². The number of H-pyrrole nitrogens is 1. The molecule has 2 aliphatic rings. The molecule has 2 atom stereocenters. The number of likely N-dealkylation sites (tertiary alicyclic amines) is 1. The average Bonchev–Trinajstić information content (AvgIpc) is 2.76. The number of para-hydroxylation sites is 1. The van der Waals surface area contributed by atoms with E-state index in [1.807, 2.05) is 15.5 Å². The van der Waals surface area contributed by atoms with Crippen LogP contribution in [0.5, 0.6) is 0 Å². The van der Waals surface area contributed by atoms with E-state index in [9.17, 15) is 19.2 Å². The molecule has 5 rings (SSSR count). The lowest BCUT2D eigenvalue weighted by atomic mass is 9.83. The number of nitrogens with zero attached hydrogens (tertiary/aromatic N) is 3. The monoisotopic (exact) mass is 420 g/mol. The van der Waals surface area contributed by atoms with E-state index >= 15 is 0 Å². The van der Waals surface area contributed by atoms with Crippen molar-refractivity contribution in [1.82, 2.24) is 19.0 Å². The van der Waals surface area contributed by atoms with Crippen LogP contribution in [0.4, 0.5) is 0 Å². The number of aromatic nitrogens is 3. The zero-order valence-corrected chi connectivity index (χ0v) is 17.1. The summed E-state index contributed by atoms with van der Waals surface area (Å²) in [7, 11) is 0. The molecule has 2 aromatic heterocycles. The summed E-state index contributed by atoms with van der Waals surface area (Å²) < 4.78 is 3.02. The van der Waals surface area contributed by atoms with Gasteiger partial charge in [0.25, 0.3) is 11.1 Å². The number of piperidine rings is 1. The minimum absolute atomic E-state index is 0.0259. The number of hydrogen-bond acceptors (Lipinski definition) is 4. The fourth-order valence-corrected chi connectivity index (χ4v) is 5.05. The van der Waals surface area contributed by atoms with Crippen molar-refractivity contribution in [1.29, 1.82) is 0 Å². The van der Waals surface area contributed by atoms with E-state index in [0.717, 1.165) is 12.1 Å². The van der Waals surface area contributed by atoms with Gasteiger partial charge in [-0.25, -0.2) is 4.79 Å². The molecule has 1 amide bonds. The highest BCUT2D eigenvalue weighted by atomic mass is 16.2. The van der Waals surface area contributed by atoms with Gasteiger partial charge in [0, 0.05) is 50.3 Å². The molecule has 0 aliphatic carbocycles. The number of nitrogens with one attached hydrogen (secondary N) is 1. The van der Waals surface area contributed by atoms with Gasteiger partial charge in [-0.05, 0) is 37.0 Å². The molecule has 1 saturated heterocycles. The number of amides is 1. The second kappa shape index (κ2) is 7.68. The van der Waals surface area contributed by atoms with Crippen molar-refractivity contribution in [3.8, 4) is 0 Å². The summed E-state index contributed by atoms with van der Waals surface area (Å²) >= 11 is 0. The Morgan fingerprint density at radius 1 is 1.00 bits per heavy atom. The number of rotatable bonds is 4. The van der Waals surface area contributed by atoms with Gasteiger partial charge in [0.15, 0.2) is 0 Å². The first-order valence-corrected chi connectivity index (χ1v) is 10.7. The molecule has 31 heavy (non-hydrogen) atoms. The van der Waals surface area contributed by atoms with E-state index in [2.05, 4.69) is 4.98 Å². The van der Waals surface area contributed by atoms with E-state index in [1.54, 1.807) is 36.4 Å². The number of carbonyl (C=O) groups is 1. The Balaban J connectivity index is 1.26. The maximum absolute atomic E-state index is 12.9. The third-order valence-electron chi connectivity index (χ3n) is 6.49. The van der Waals surface area contributed by atoms with Crippen LogP contribution in [0.25, 0.3) is 10.9 Å². The summed E-state index contributed by atoms with van der Waals surface area (Å²) in [4.78, 5) is 54.5. The van der Waals surface area contributed by atoms with Crippen molar-refractivity contribution in [3.05, 3.63) is 79.4 Å². The minimum Gasteiger partial charge on any atom is -0.342 e. The lowest BCUT2D eigenvalue weighted by Gasteiger charge is -2.42. The predicted octanol–water partition coefficient (Wildman–Crippen LogP) is 1.28. The number of pyridine rings is 1. The van der Waals surface area contributed by atoms with Gasteiger partial charge in [0.1, 0.15) is 0 Å². The Morgan fingerprint density at radius 2 is 1.84 bits per heavy atom. The molecule has 0 radical (unpaired) electrons. The van der Waals surface area contributed by atoms with Gasteiger partial charge in [-0.1, -0.05) is 18.2 Å². The van der Waals surface area contributed by atoms with Crippen LogP contribution >= 0.6 is 0 Å². The van der Waals surface area contributed by atoms with E-state index in [0.29, 0.717) is 37.0 Å². The molecule has 1 N–H and O–H groups in total. The molecule has 160 valence electrons. The Kier molecular flexibility index (Phi) is 4.84. The lowest BCUT2D eigenvalue weighted by molar-refractivity contribution is -0.134. The van der Waals surface area contributed by atoms with Gasteiger partial charge in [0.2, 0.25) is 5.91 Å². The van der Waals surface area contributed by atoms with Crippen molar-refractivity contribution in [3.63, 3.8) is 0 Å². The molecule has 3 aromatic rings. The summed E-state index contributed by atoms with van der Waals surface area (Å²) in [5, 5.41) is 0.464. The Morgan fingerprint density at radius 3 is 2.71 bits per heavy atom. The summed E-state index contributed by atoms with van der Waals surface area (Å²) in [6.07, 6.45) is 1.69. The highest BCUT2D eigenvalue weighted by Crippen LogP contribution is 2.35. The molecule has 2 unspecified atom stereocenters. The number of benzene rings is 1. The molecular weight excluding hydrogens is 396 g/mol. The molecule has 2 bridgehead atoms. The molecule has 1 aromatic carbocycles. The molecule has 4 heterocycles. The maximum atomic E-state index is 12.9. The molecule has 2 aliphatic heterocycles. The van der Waals surface area contributed by atoms with E-state index < -0.39 is 5.69 Å². The summed E-state index contributed by atoms with van der Waals surface area (Å²) in [6.45, 7) is 2.10. The van der Waals surface area contributed by atoms with Gasteiger partial charge in [-0.2, -0.15) is 0 Å². The van der Waals surface area contributed by atoms with Crippen LogP contribution in [0.3, 0.4) is 0 Å². The van der Waals surface area contributed by atoms with Crippen molar-refractivity contribution in [2.24, 2.45) is 5.92 Å². The second-order valence-corrected chi connectivity index (χ2v) is 8.53. The molecule has 8 nitrogen and oxygen atoms in total. The fourth-order valence-electron chi connectivity index (χ4n) is 5.05. The normalized spacial score (nSPS) is 19.9. The van der Waals surface area contributed by atoms with Crippen LogP contribution in [0.1, 0.15) is 30.9 Å². The molecular formula is C23H24N4O4. The van der Waals surface area contributed by atoms with Crippen LogP contribution < -0.4 is 16.8 Å². The first kappa shape index (κ1) is 19.5. The van der Waals surface area contributed by atoms with E-state index in [-0.39, 0.29) is 41.8 Å². The number of aromatic amines is 1. The first-order valence-electron chi connectivity index (χ1n) is 10.7. The second-order valence-electron chi connectivity index (χ2n) is 8.53. The zero-order valence-electron chi connectivity index (χ0n) is 17.1. The standard InChI is InChI=1S/C23H24N4O4/c28-20(9-4-10-26-22(30)17-5-1-2-6-18(17)24-23(26)31)25-12-15-11-16(14-25)19-7-3-8-21(29)27(19)13-15/h1-3,5-8,15-16H,4,9-14H2,(H,24,31).